The molecule has 0 spiro atoms. The smallest absolute Gasteiger partial charge is 0.00670 e. The van der Waals surface area contributed by atoms with Crippen molar-refractivity contribution in [2.75, 3.05) is 6.54 Å². The van der Waals surface area contributed by atoms with E-state index in [9.17, 15) is 0 Å². The minimum atomic E-state index is 0.820. The Labute approximate surface area is 76.9 Å². The Morgan fingerprint density at radius 1 is 1.33 bits per heavy atom. The molecule has 0 radical (unpaired) electrons. The first-order valence-electron chi connectivity index (χ1n) is 5.60. The molecule has 1 heteroatoms. The van der Waals surface area contributed by atoms with Crippen LogP contribution in [0.3, 0.4) is 0 Å². The second kappa shape index (κ2) is 5.58. The number of hydrogen-bond acceptors (Lipinski definition) is 1. The highest BCUT2D eigenvalue weighted by Crippen LogP contribution is 2.22. The molecule has 1 rings (SSSR count). The van der Waals surface area contributed by atoms with Gasteiger partial charge < -0.3 is 5.32 Å². The summed E-state index contributed by atoms with van der Waals surface area (Å²) in [6.07, 6.45) is 8.41. The summed E-state index contributed by atoms with van der Waals surface area (Å²) >= 11 is 0. The van der Waals surface area contributed by atoms with Gasteiger partial charge in [0.25, 0.3) is 0 Å². The molecule has 0 saturated carbocycles. The van der Waals surface area contributed by atoms with Gasteiger partial charge in [-0.15, -0.1) is 0 Å². The second-order valence-electron chi connectivity index (χ2n) is 4.09. The van der Waals surface area contributed by atoms with E-state index in [1.54, 1.807) is 0 Å². The predicted molar refractivity (Wildman–Crippen MR) is 54.3 cm³/mol. The van der Waals surface area contributed by atoms with Crippen LogP contribution in [-0.4, -0.2) is 12.6 Å². The van der Waals surface area contributed by atoms with Gasteiger partial charge in [-0.1, -0.05) is 33.1 Å². The Morgan fingerprint density at radius 2 is 2.17 bits per heavy atom. The fourth-order valence-electron chi connectivity index (χ4n) is 2.16. The van der Waals surface area contributed by atoms with Gasteiger partial charge in [0.05, 0.1) is 0 Å². The third-order valence-electron chi connectivity index (χ3n) is 3.06. The topological polar surface area (TPSA) is 12.0 Å². The molecule has 0 aromatic heterocycles. The average Bonchev–Trinajstić information content (AvgIpc) is 2.15. The Hall–Kier alpha value is -0.0400. The Morgan fingerprint density at radius 3 is 2.83 bits per heavy atom. The van der Waals surface area contributed by atoms with E-state index in [-0.39, 0.29) is 0 Å². The van der Waals surface area contributed by atoms with Crippen molar-refractivity contribution < 1.29 is 0 Å². The summed E-state index contributed by atoms with van der Waals surface area (Å²) in [6, 6.07) is 0.820. The monoisotopic (exact) mass is 169 g/mol. The van der Waals surface area contributed by atoms with E-state index in [0.29, 0.717) is 0 Å². The summed E-state index contributed by atoms with van der Waals surface area (Å²) in [5, 5.41) is 3.58. The molecule has 2 atom stereocenters. The highest BCUT2D eigenvalue weighted by molar-refractivity contribution is 4.76. The maximum absolute atomic E-state index is 3.58. The van der Waals surface area contributed by atoms with Crippen LogP contribution in [0.4, 0.5) is 0 Å². The predicted octanol–water partition coefficient (Wildman–Crippen LogP) is 2.95. The minimum Gasteiger partial charge on any atom is -0.314 e. The third-order valence-corrected chi connectivity index (χ3v) is 3.06. The summed E-state index contributed by atoms with van der Waals surface area (Å²) in [5.74, 6) is 1.02. The molecule has 0 bridgehead atoms. The van der Waals surface area contributed by atoms with Crippen LogP contribution in [0.15, 0.2) is 0 Å². The molecule has 12 heavy (non-hydrogen) atoms. The molecular weight excluding hydrogens is 146 g/mol. The van der Waals surface area contributed by atoms with Crippen LogP contribution in [-0.2, 0) is 0 Å². The van der Waals surface area contributed by atoms with Crippen LogP contribution in [0.2, 0.25) is 0 Å². The van der Waals surface area contributed by atoms with Gasteiger partial charge in [0.15, 0.2) is 0 Å². The largest absolute Gasteiger partial charge is 0.314 e. The van der Waals surface area contributed by atoms with Gasteiger partial charge >= 0.3 is 0 Å². The molecule has 0 aliphatic carbocycles. The molecule has 1 aliphatic rings. The zero-order valence-corrected chi connectivity index (χ0v) is 8.60. The van der Waals surface area contributed by atoms with Gasteiger partial charge in [0.2, 0.25) is 0 Å². The van der Waals surface area contributed by atoms with Gasteiger partial charge in [-0.3, -0.25) is 0 Å². The highest BCUT2D eigenvalue weighted by Gasteiger charge is 2.18. The molecule has 0 amide bonds. The van der Waals surface area contributed by atoms with E-state index in [1.165, 1.54) is 45.1 Å². The average molecular weight is 169 g/mol. The maximum Gasteiger partial charge on any atom is 0.00670 e. The van der Waals surface area contributed by atoms with Crippen molar-refractivity contribution in [1.29, 1.82) is 0 Å². The molecule has 1 heterocycles. The van der Waals surface area contributed by atoms with Crippen molar-refractivity contribution in [1.82, 2.24) is 5.32 Å². The van der Waals surface area contributed by atoms with E-state index in [1.807, 2.05) is 0 Å². The van der Waals surface area contributed by atoms with Crippen LogP contribution in [0.5, 0.6) is 0 Å². The van der Waals surface area contributed by atoms with Gasteiger partial charge in [0, 0.05) is 6.04 Å². The van der Waals surface area contributed by atoms with Crippen molar-refractivity contribution in [3.63, 3.8) is 0 Å². The normalized spacial score (nSPS) is 30.5. The van der Waals surface area contributed by atoms with Gasteiger partial charge in [-0.25, -0.2) is 0 Å². The van der Waals surface area contributed by atoms with E-state index in [4.69, 9.17) is 0 Å². The standard InChI is InChI=1S/C11H23N/c1-3-5-6-10-7-8-12-11(4-2)9-10/h10-12H,3-9H2,1-2H3/t10-,11-/m1/s1. The van der Waals surface area contributed by atoms with Crippen LogP contribution in [0.1, 0.15) is 52.4 Å². The Kier molecular flexibility index (Phi) is 4.67. The molecule has 0 aromatic carbocycles. The summed E-state index contributed by atoms with van der Waals surface area (Å²) in [7, 11) is 0. The molecule has 72 valence electrons. The number of piperidine rings is 1. The summed E-state index contributed by atoms with van der Waals surface area (Å²) in [4.78, 5) is 0. The minimum absolute atomic E-state index is 0.820. The van der Waals surface area contributed by atoms with Crippen molar-refractivity contribution >= 4 is 0 Å². The number of unbranched alkanes of at least 4 members (excludes halogenated alkanes) is 1. The molecule has 1 saturated heterocycles. The third kappa shape index (κ3) is 3.14. The zero-order valence-electron chi connectivity index (χ0n) is 8.60. The maximum atomic E-state index is 3.58. The lowest BCUT2D eigenvalue weighted by molar-refractivity contribution is 0.279. The van der Waals surface area contributed by atoms with Crippen LogP contribution >= 0.6 is 0 Å². The molecule has 1 aliphatic heterocycles. The Balaban J connectivity index is 2.16. The molecule has 0 aromatic rings. The second-order valence-corrected chi connectivity index (χ2v) is 4.09. The van der Waals surface area contributed by atoms with E-state index in [0.717, 1.165) is 12.0 Å². The first-order chi connectivity index (χ1) is 5.86. The molecule has 1 N–H and O–H groups in total. The fraction of sp³-hybridized carbons (Fsp3) is 1.00. The van der Waals surface area contributed by atoms with Gasteiger partial charge in [-0.2, -0.15) is 0 Å². The lowest BCUT2D eigenvalue weighted by atomic mass is 9.87. The molecule has 1 fully saturated rings. The van der Waals surface area contributed by atoms with E-state index < -0.39 is 0 Å². The summed E-state index contributed by atoms with van der Waals surface area (Å²) in [5.41, 5.74) is 0. The van der Waals surface area contributed by atoms with E-state index >= 15 is 0 Å². The first kappa shape index (κ1) is 10.0. The lowest BCUT2D eigenvalue weighted by Gasteiger charge is -2.29. The summed E-state index contributed by atoms with van der Waals surface area (Å²) in [6.45, 7) is 5.84. The highest BCUT2D eigenvalue weighted by atomic mass is 14.9. The van der Waals surface area contributed by atoms with Crippen LogP contribution < -0.4 is 5.32 Å². The quantitative estimate of drug-likeness (QED) is 0.682. The molecule has 1 nitrogen and oxygen atoms in total. The molecular formula is C11H23N. The van der Waals surface area contributed by atoms with Crippen molar-refractivity contribution in [2.45, 2.75) is 58.4 Å². The Bertz CT molecular complexity index is 112. The zero-order chi connectivity index (χ0) is 8.81. The van der Waals surface area contributed by atoms with Crippen LogP contribution in [0, 0.1) is 5.92 Å². The van der Waals surface area contributed by atoms with Gasteiger partial charge in [-0.05, 0) is 31.7 Å². The van der Waals surface area contributed by atoms with Gasteiger partial charge in [0.1, 0.15) is 0 Å². The number of rotatable bonds is 4. The van der Waals surface area contributed by atoms with E-state index in [2.05, 4.69) is 19.2 Å². The van der Waals surface area contributed by atoms with Crippen molar-refractivity contribution in [3.05, 3.63) is 0 Å². The molecule has 0 unspecified atom stereocenters. The summed E-state index contributed by atoms with van der Waals surface area (Å²) < 4.78 is 0. The van der Waals surface area contributed by atoms with Crippen LogP contribution in [0.25, 0.3) is 0 Å². The number of nitrogens with one attached hydrogen (secondary N) is 1. The van der Waals surface area contributed by atoms with Crippen molar-refractivity contribution in [3.8, 4) is 0 Å². The SMILES string of the molecule is CCCC[C@@H]1CCN[C@H](CC)C1. The lowest BCUT2D eigenvalue weighted by Crippen LogP contribution is -2.37. The number of hydrogen-bond donors (Lipinski definition) is 1. The van der Waals surface area contributed by atoms with Crippen molar-refractivity contribution in [2.24, 2.45) is 5.92 Å². The first-order valence-corrected chi connectivity index (χ1v) is 5.60. The fourth-order valence-corrected chi connectivity index (χ4v) is 2.16.